The molecule has 1 aromatic heterocycles. The summed E-state index contributed by atoms with van der Waals surface area (Å²) < 4.78 is 0. The van der Waals surface area contributed by atoms with Crippen LogP contribution in [0.5, 0.6) is 0 Å². The summed E-state index contributed by atoms with van der Waals surface area (Å²) in [6.45, 7) is 2.22. The standard InChI is InChI=1S/C14H22N2O/c1-2-3-4-5-6-7-10-14(16-17)13-9-8-11-15-12-13/h8-9,11-12,17H,2-7,10H2,1H3. The number of nitrogens with zero attached hydrogens (tertiary/aromatic N) is 2. The van der Waals surface area contributed by atoms with Crippen molar-refractivity contribution >= 4 is 5.71 Å². The average Bonchev–Trinajstić information content (AvgIpc) is 2.39. The van der Waals surface area contributed by atoms with Gasteiger partial charge < -0.3 is 5.21 Å². The van der Waals surface area contributed by atoms with Gasteiger partial charge in [0, 0.05) is 18.0 Å². The lowest BCUT2D eigenvalue weighted by molar-refractivity contribution is 0.317. The summed E-state index contributed by atoms with van der Waals surface area (Å²) in [5.41, 5.74) is 1.66. The fourth-order valence-corrected chi connectivity index (χ4v) is 1.86. The Bertz CT molecular complexity index is 322. The van der Waals surface area contributed by atoms with E-state index in [-0.39, 0.29) is 0 Å². The molecular formula is C14H22N2O. The third-order valence-corrected chi connectivity index (χ3v) is 2.88. The Kier molecular flexibility index (Phi) is 7.03. The van der Waals surface area contributed by atoms with Gasteiger partial charge in [-0.15, -0.1) is 0 Å². The maximum Gasteiger partial charge on any atom is 0.0883 e. The Labute approximate surface area is 104 Å². The second kappa shape index (κ2) is 8.74. The van der Waals surface area contributed by atoms with Crippen molar-refractivity contribution in [1.29, 1.82) is 0 Å². The summed E-state index contributed by atoms with van der Waals surface area (Å²) in [5.74, 6) is 0. The van der Waals surface area contributed by atoms with Crippen LogP contribution in [0.2, 0.25) is 0 Å². The zero-order valence-corrected chi connectivity index (χ0v) is 10.6. The first-order valence-electron chi connectivity index (χ1n) is 6.49. The van der Waals surface area contributed by atoms with E-state index in [1.807, 2.05) is 12.1 Å². The zero-order valence-electron chi connectivity index (χ0n) is 10.6. The normalized spacial score (nSPS) is 11.7. The molecule has 0 aliphatic carbocycles. The fourth-order valence-electron chi connectivity index (χ4n) is 1.86. The molecule has 0 saturated heterocycles. The lowest BCUT2D eigenvalue weighted by Gasteiger charge is -2.04. The number of oxime groups is 1. The molecule has 94 valence electrons. The van der Waals surface area contributed by atoms with E-state index < -0.39 is 0 Å². The second-order valence-corrected chi connectivity index (χ2v) is 4.31. The van der Waals surface area contributed by atoms with E-state index >= 15 is 0 Å². The van der Waals surface area contributed by atoms with Crippen molar-refractivity contribution in [3.63, 3.8) is 0 Å². The lowest BCUT2D eigenvalue weighted by Crippen LogP contribution is -2.01. The SMILES string of the molecule is CCCCCCCCC(=NO)c1cccnc1. The molecule has 0 atom stereocenters. The van der Waals surface area contributed by atoms with E-state index in [1.54, 1.807) is 12.4 Å². The van der Waals surface area contributed by atoms with Crippen molar-refractivity contribution in [2.24, 2.45) is 5.16 Å². The van der Waals surface area contributed by atoms with E-state index in [0.717, 1.165) is 24.1 Å². The third kappa shape index (κ3) is 5.48. The number of hydrogen-bond acceptors (Lipinski definition) is 3. The molecule has 0 radical (unpaired) electrons. The maximum absolute atomic E-state index is 8.98. The summed E-state index contributed by atoms with van der Waals surface area (Å²) in [6.07, 6.45) is 11.8. The van der Waals surface area contributed by atoms with Crippen LogP contribution >= 0.6 is 0 Å². The number of rotatable bonds is 8. The van der Waals surface area contributed by atoms with E-state index in [0.29, 0.717) is 0 Å². The van der Waals surface area contributed by atoms with Gasteiger partial charge in [-0.05, 0) is 25.0 Å². The molecule has 3 nitrogen and oxygen atoms in total. The molecule has 0 bridgehead atoms. The summed E-state index contributed by atoms with van der Waals surface area (Å²) in [5, 5.41) is 12.3. The van der Waals surface area contributed by atoms with Gasteiger partial charge in [-0.25, -0.2) is 0 Å². The Morgan fingerprint density at radius 2 is 2.00 bits per heavy atom. The number of pyridine rings is 1. The molecule has 1 rings (SSSR count). The van der Waals surface area contributed by atoms with Crippen LogP contribution in [0.15, 0.2) is 29.7 Å². The van der Waals surface area contributed by atoms with Gasteiger partial charge in [0.05, 0.1) is 5.71 Å². The van der Waals surface area contributed by atoms with E-state index in [4.69, 9.17) is 5.21 Å². The molecule has 0 saturated carbocycles. The first kappa shape index (κ1) is 13.7. The topological polar surface area (TPSA) is 45.5 Å². The molecule has 1 N–H and O–H groups in total. The van der Waals surface area contributed by atoms with Crippen LogP contribution in [0.3, 0.4) is 0 Å². The summed E-state index contributed by atoms with van der Waals surface area (Å²) in [6, 6.07) is 3.79. The van der Waals surface area contributed by atoms with Crippen LogP contribution in [-0.4, -0.2) is 15.9 Å². The maximum atomic E-state index is 8.98. The summed E-state index contributed by atoms with van der Waals surface area (Å²) in [4.78, 5) is 4.03. The molecule has 3 heteroatoms. The van der Waals surface area contributed by atoms with Gasteiger partial charge >= 0.3 is 0 Å². The number of aromatic nitrogens is 1. The van der Waals surface area contributed by atoms with Crippen LogP contribution < -0.4 is 0 Å². The predicted molar refractivity (Wildman–Crippen MR) is 70.6 cm³/mol. The van der Waals surface area contributed by atoms with Gasteiger partial charge in [-0.2, -0.15) is 0 Å². The van der Waals surface area contributed by atoms with Crippen LogP contribution in [0.4, 0.5) is 0 Å². The molecule has 17 heavy (non-hydrogen) atoms. The molecule has 1 heterocycles. The zero-order chi connectivity index (χ0) is 12.3. The highest BCUT2D eigenvalue weighted by Gasteiger charge is 2.03. The van der Waals surface area contributed by atoms with Crippen molar-refractivity contribution in [2.75, 3.05) is 0 Å². The van der Waals surface area contributed by atoms with Crippen molar-refractivity contribution < 1.29 is 5.21 Å². The van der Waals surface area contributed by atoms with Crippen molar-refractivity contribution in [2.45, 2.75) is 51.9 Å². The second-order valence-electron chi connectivity index (χ2n) is 4.31. The molecule has 0 unspecified atom stereocenters. The Hall–Kier alpha value is -1.38. The number of unbranched alkanes of at least 4 members (excludes halogenated alkanes) is 5. The molecule has 0 amide bonds. The Balaban J connectivity index is 2.25. The molecule has 0 aliphatic heterocycles. The first-order valence-corrected chi connectivity index (χ1v) is 6.49. The summed E-state index contributed by atoms with van der Waals surface area (Å²) in [7, 11) is 0. The average molecular weight is 234 g/mol. The smallest absolute Gasteiger partial charge is 0.0883 e. The minimum Gasteiger partial charge on any atom is -0.411 e. The van der Waals surface area contributed by atoms with E-state index in [9.17, 15) is 0 Å². The molecule has 0 aromatic carbocycles. The van der Waals surface area contributed by atoms with Gasteiger partial charge in [0.1, 0.15) is 0 Å². The molecular weight excluding hydrogens is 212 g/mol. The van der Waals surface area contributed by atoms with Gasteiger partial charge in [0.25, 0.3) is 0 Å². The van der Waals surface area contributed by atoms with Gasteiger partial charge in [-0.3, -0.25) is 4.98 Å². The van der Waals surface area contributed by atoms with Crippen LogP contribution in [0, 0.1) is 0 Å². The van der Waals surface area contributed by atoms with Crippen LogP contribution in [0.25, 0.3) is 0 Å². The molecule has 0 fully saturated rings. The highest BCUT2D eigenvalue weighted by atomic mass is 16.4. The highest BCUT2D eigenvalue weighted by Crippen LogP contribution is 2.10. The molecule has 0 spiro atoms. The molecule has 1 aromatic rings. The Morgan fingerprint density at radius 3 is 2.65 bits per heavy atom. The fraction of sp³-hybridized carbons (Fsp3) is 0.571. The third-order valence-electron chi connectivity index (χ3n) is 2.88. The lowest BCUT2D eigenvalue weighted by atomic mass is 10.0. The largest absolute Gasteiger partial charge is 0.411 e. The monoisotopic (exact) mass is 234 g/mol. The van der Waals surface area contributed by atoms with Gasteiger partial charge in [-0.1, -0.05) is 44.2 Å². The van der Waals surface area contributed by atoms with Gasteiger partial charge in [0.15, 0.2) is 0 Å². The minimum atomic E-state index is 0.744. The quantitative estimate of drug-likeness (QED) is 0.320. The van der Waals surface area contributed by atoms with Crippen LogP contribution in [-0.2, 0) is 0 Å². The van der Waals surface area contributed by atoms with E-state index in [2.05, 4.69) is 17.1 Å². The highest BCUT2D eigenvalue weighted by molar-refractivity contribution is 5.99. The van der Waals surface area contributed by atoms with Crippen LogP contribution in [0.1, 0.15) is 57.4 Å². The Morgan fingerprint density at radius 1 is 1.24 bits per heavy atom. The minimum absolute atomic E-state index is 0.744. The molecule has 0 aliphatic rings. The van der Waals surface area contributed by atoms with Crippen molar-refractivity contribution in [3.8, 4) is 0 Å². The van der Waals surface area contributed by atoms with Gasteiger partial charge in [0.2, 0.25) is 0 Å². The first-order chi connectivity index (χ1) is 8.38. The van der Waals surface area contributed by atoms with E-state index in [1.165, 1.54) is 32.1 Å². The summed E-state index contributed by atoms with van der Waals surface area (Å²) >= 11 is 0. The number of hydrogen-bond donors (Lipinski definition) is 1. The van der Waals surface area contributed by atoms with Crippen molar-refractivity contribution in [1.82, 2.24) is 4.98 Å². The predicted octanol–water partition coefficient (Wildman–Crippen LogP) is 4.01. The van der Waals surface area contributed by atoms with Crippen molar-refractivity contribution in [3.05, 3.63) is 30.1 Å².